The third kappa shape index (κ3) is 4.79. The first kappa shape index (κ1) is 24.5. The summed E-state index contributed by atoms with van der Waals surface area (Å²) in [5.41, 5.74) is 2.14. The average molecular weight is 499 g/mol. The number of halogens is 1. The minimum absolute atomic E-state index is 0.0279. The molecule has 1 aliphatic rings. The number of carbonyl (C=O) groups excluding carboxylic acids is 1. The third-order valence-corrected chi connectivity index (χ3v) is 6.45. The molecule has 1 saturated heterocycles. The van der Waals surface area contributed by atoms with Gasteiger partial charge in [-0.3, -0.25) is 14.2 Å². The summed E-state index contributed by atoms with van der Waals surface area (Å²) in [6.45, 7) is 7.58. The molecule has 35 heavy (non-hydrogen) atoms. The van der Waals surface area contributed by atoms with Crippen LogP contribution < -0.4 is 15.8 Å². The van der Waals surface area contributed by atoms with Crippen LogP contribution in [0, 0.1) is 6.92 Å². The maximum absolute atomic E-state index is 13.3. The minimum atomic E-state index is -1.20. The molecular weight excluding hydrogens is 472 g/mol. The van der Waals surface area contributed by atoms with Crippen molar-refractivity contribution in [3.8, 4) is 0 Å². The maximum atomic E-state index is 13.3. The number of nitrogens with one attached hydrogen (secondary N) is 1. The molecule has 3 heterocycles. The highest BCUT2D eigenvalue weighted by atomic mass is 35.5. The van der Waals surface area contributed by atoms with E-state index >= 15 is 0 Å². The molecule has 0 unspecified atom stereocenters. The highest BCUT2D eigenvalue weighted by Gasteiger charge is 2.24. The number of aromatic nitrogens is 3. The Bertz CT molecular complexity index is 1380. The predicted octanol–water partition coefficient (Wildman–Crippen LogP) is 2.83. The number of hydrogen-bond donors (Lipinski definition) is 2. The van der Waals surface area contributed by atoms with E-state index in [1.807, 2.05) is 30.9 Å². The second kappa shape index (κ2) is 9.53. The summed E-state index contributed by atoms with van der Waals surface area (Å²) in [4.78, 5) is 49.3. The number of hydrogen-bond acceptors (Lipinski definition) is 7. The number of pyridine rings is 1. The number of aromatic carboxylic acids is 1. The van der Waals surface area contributed by atoms with Gasteiger partial charge < -0.3 is 20.2 Å². The Hall–Kier alpha value is -3.66. The number of rotatable bonds is 5. The lowest BCUT2D eigenvalue weighted by Crippen LogP contribution is -2.49. The molecule has 0 radical (unpaired) electrons. The van der Waals surface area contributed by atoms with Crippen LogP contribution in [0.25, 0.3) is 10.9 Å². The zero-order valence-electron chi connectivity index (χ0n) is 20.0. The molecule has 0 bridgehead atoms. The van der Waals surface area contributed by atoms with Crippen molar-refractivity contribution in [3.63, 3.8) is 0 Å². The summed E-state index contributed by atoms with van der Waals surface area (Å²) >= 11 is 5.89. The number of nitrogens with zero attached hydrogens (tertiary/aromatic N) is 5. The predicted molar refractivity (Wildman–Crippen MR) is 134 cm³/mol. The molecule has 3 aromatic rings. The van der Waals surface area contributed by atoms with Crippen LogP contribution in [0.4, 0.5) is 11.6 Å². The quantitative estimate of drug-likeness (QED) is 0.515. The van der Waals surface area contributed by atoms with Gasteiger partial charge in [0.15, 0.2) is 5.69 Å². The van der Waals surface area contributed by atoms with Crippen molar-refractivity contribution >= 4 is 46.0 Å². The zero-order valence-corrected chi connectivity index (χ0v) is 20.8. The number of fused-ring (bicyclic) bond motifs is 1. The molecular formula is C24H27ClN6O4. The van der Waals surface area contributed by atoms with Crippen molar-refractivity contribution < 1.29 is 14.7 Å². The summed E-state index contributed by atoms with van der Waals surface area (Å²) < 4.78 is 1.54. The van der Waals surface area contributed by atoms with E-state index in [1.54, 1.807) is 29.5 Å². The molecule has 0 saturated carbocycles. The van der Waals surface area contributed by atoms with Gasteiger partial charge in [-0.15, -0.1) is 0 Å². The molecule has 11 heteroatoms. The van der Waals surface area contributed by atoms with Crippen molar-refractivity contribution in [2.45, 2.75) is 26.8 Å². The zero-order chi connectivity index (χ0) is 25.4. The van der Waals surface area contributed by atoms with Crippen molar-refractivity contribution in [1.29, 1.82) is 0 Å². The maximum Gasteiger partial charge on any atom is 0.356 e. The first-order chi connectivity index (χ1) is 16.6. The highest BCUT2D eigenvalue weighted by molar-refractivity contribution is 6.29. The number of aryl methyl sites for hydroxylation is 1. The molecule has 1 aromatic carbocycles. The number of piperazine rings is 1. The van der Waals surface area contributed by atoms with E-state index in [-0.39, 0.29) is 28.4 Å². The molecule has 1 amide bonds. The molecule has 0 spiro atoms. The fourth-order valence-electron chi connectivity index (χ4n) is 4.40. The molecule has 1 fully saturated rings. The number of carbonyl (C=O) groups is 2. The largest absolute Gasteiger partial charge is 0.476 e. The summed E-state index contributed by atoms with van der Waals surface area (Å²) in [6, 6.07) is 6.45. The van der Waals surface area contributed by atoms with Gasteiger partial charge in [0.25, 0.3) is 5.56 Å². The van der Waals surface area contributed by atoms with E-state index in [1.165, 1.54) is 6.07 Å². The van der Waals surface area contributed by atoms with E-state index in [0.717, 1.165) is 11.1 Å². The monoisotopic (exact) mass is 498 g/mol. The molecule has 2 aromatic heterocycles. The van der Waals surface area contributed by atoms with Gasteiger partial charge in [0.2, 0.25) is 11.9 Å². The van der Waals surface area contributed by atoms with Crippen LogP contribution in [-0.4, -0.2) is 62.6 Å². The van der Waals surface area contributed by atoms with Crippen LogP contribution >= 0.6 is 11.6 Å². The van der Waals surface area contributed by atoms with E-state index in [0.29, 0.717) is 48.7 Å². The van der Waals surface area contributed by atoms with Crippen LogP contribution in [0.2, 0.25) is 5.15 Å². The third-order valence-electron chi connectivity index (χ3n) is 6.24. The summed E-state index contributed by atoms with van der Waals surface area (Å²) in [5, 5.41) is 13.3. The highest BCUT2D eigenvalue weighted by Crippen LogP contribution is 2.29. The molecule has 1 aliphatic heterocycles. The number of carboxylic acid groups (broad SMARTS) is 1. The molecule has 4 rings (SSSR count). The molecule has 10 nitrogen and oxygen atoms in total. The normalized spacial score (nSPS) is 14.8. The minimum Gasteiger partial charge on any atom is -0.476 e. The lowest BCUT2D eigenvalue weighted by molar-refractivity contribution is -0.129. The summed E-state index contributed by atoms with van der Waals surface area (Å²) in [7, 11) is 1.70. The standard InChI is InChI=1S/C24H27ClN6O4/c1-13-11-16(14(2)26-18-5-6-19(25)27-21(18)23(34)35)20-17(12-13)22(33)29(4)24(28-20)31-9-7-30(8-10-31)15(3)32/h5-6,11-12,14,26H,7-10H2,1-4H3,(H,34,35)/t14-/m1/s1. The van der Waals surface area contributed by atoms with Gasteiger partial charge >= 0.3 is 5.97 Å². The van der Waals surface area contributed by atoms with Crippen molar-refractivity contribution in [3.05, 3.63) is 56.6 Å². The fraction of sp³-hybridized carbons (Fsp3) is 0.375. The van der Waals surface area contributed by atoms with Gasteiger partial charge in [-0.1, -0.05) is 17.7 Å². The van der Waals surface area contributed by atoms with E-state index in [2.05, 4.69) is 10.3 Å². The first-order valence-corrected chi connectivity index (χ1v) is 11.6. The van der Waals surface area contributed by atoms with Gasteiger partial charge in [-0.2, -0.15) is 0 Å². The Morgan fingerprint density at radius 1 is 1.14 bits per heavy atom. The van der Waals surface area contributed by atoms with Gasteiger partial charge in [-0.05, 0) is 37.6 Å². The SMILES string of the molecule is CC(=O)N1CCN(c2nc3c([C@@H](C)Nc4ccc(Cl)nc4C(=O)O)cc(C)cc3c(=O)n2C)CC1. The van der Waals surface area contributed by atoms with E-state index in [4.69, 9.17) is 16.6 Å². The van der Waals surface area contributed by atoms with E-state index < -0.39 is 5.97 Å². The Kier molecular flexibility index (Phi) is 6.66. The topological polar surface area (TPSA) is 121 Å². The second-order valence-electron chi connectivity index (χ2n) is 8.72. The van der Waals surface area contributed by atoms with E-state index in [9.17, 15) is 19.5 Å². The first-order valence-electron chi connectivity index (χ1n) is 11.2. The van der Waals surface area contributed by atoms with Crippen molar-refractivity contribution in [2.24, 2.45) is 7.05 Å². The Labute approximate surface area is 207 Å². The molecule has 1 atom stereocenters. The van der Waals surface area contributed by atoms with Crippen LogP contribution in [-0.2, 0) is 11.8 Å². The van der Waals surface area contributed by atoms with Crippen LogP contribution in [0.1, 0.15) is 41.5 Å². The second-order valence-corrected chi connectivity index (χ2v) is 9.11. The van der Waals surface area contributed by atoms with Gasteiger partial charge in [0, 0.05) is 45.7 Å². The van der Waals surface area contributed by atoms with Gasteiger partial charge in [0.1, 0.15) is 5.15 Å². The number of amides is 1. The fourth-order valence-corrected chi connectivity index (χ4v) is 4.55. The van der Waals surface area contributed by atoms with Crippen LogP contribution in [0.15, 0.2) is 29.1 Å². The van der Waals surface area contributed by atoms with Crippen LogP contribution in [0.3, 0.4) is 0 Å². The Morgan fingerprint density at radius 3 is 2.46 bits per heavy atom. The van der Waals surface area contributed by atoms with Gasteiger partial charge in [-0.25, -0.2) is 14.8 Å². The molecule has 0 aliphatic carbocycles. The lowest BCUT2D eigenvalue weighted by Gasteiger charge is -2.35. The van der Waals surface area contributed by atoms with Crippen LogP contribution in [0.5, 0.6) is 0 Å². The summed E-state index contributed by atoms with van der Waals surface area (Å²) in [6.07, 6.45) is 0. The number of benzene rings is 1. The van der Waals surface area contributed by atoms with Gasteiger partial charge in [0.05, 0.1) is 22.6 Å². The molecule has 2 N–H and O–H groups in total. The van der Waals surface area contributed by atoms with Crippen molar-refractivity contribution in [2.75, 3.05) is 36.4 Å². The Balaban J connectivity index is 1.77. The summed E-state index contributed by atoms with van der Waals surface area (Å²) in [5.74, 6) is -0.641. The number of anilines is 2. The smallest absolute Gasteiger partial charge is 0.356 e. The number of carboxylic acids is 1. The Morgan fingerprint density at radius 2 is 1.83 bits per heavy atom. The van der Waals surface area contributed by atoms with Crippen molar-refractivity contribution in [1.82, 2.24) is 19.4 Å². The molecule has 184 valence electrons. The lowest BCUT2D eigenvalue weighted by atomic mass is 10.0. The average Bonchev–Trinajstić information content (AvgIpc) is 2.82.